The maximum Gasteiger partial charge on any atom is 0.119 e. The van der Waals surface area contributed by atoms with E-state index in [0.29, 0.717) is 12.7 Å². The molecule has 0 aliphatic carbocycles. The van der Waals surface area contributed by atoms with Crippen LogP contribution < -0.4 is 4.74 Å². The molecule has 0 N–H and O–H groups in total. The van der Waals surface area contributed by atoms with Gasteiger partial charge in [0.05, 0.1) is 6.61 Å². The van der Waals surface area contributed by atoms with Crippen molar-refractivity contribution >= 4 is 22.6 Å². The highest BCUT2D eigenvalue weighted by Gasteiger charge is 2.22. The molecular formula is C15H13IO2. The first kappa shape index (κ1) is 12.0. The maximum atomic E-state index is 5.61. The van der Waals surface area contributed by atoms with E-state index in [0.717, 1.165) is 12.4 Å². The standard InChI is InChI=1S/C15H13IO2/c16-13-5-1-11(2-6-13)12-3-7-14(8-4-12)17-9-15-10-18-15/h1-8,15H,9-10H2. The number of rotatable bonds is 4. The van der Waals surface area contributed by atoms with E-state index >= 15 is 0 Å². The van der Waals surface area contributed by atoms with Gasteiger partial charge in [-0.15, -0.1) is 0 Å². The molecule has 18 heavy (non-hydrogen) atoms. The van der Waals surface area contributed by atoms with Crippen molar-refractivity contribution in [2.24, 2.45) is 0 Å². The number of hydrogen-bond donors (Lipinski definition) is 0. The number of benzene rings is 2. The van der Waals surface area contributed by atoms with Crippen molar-refractivity contribution in [2.45, 2.75) is 6.10 Å². The van der Waals surface area contributed by atoms with Crippen LogP contribution in [0.5, 0.6) is 5.75 Å². The van der Waals surface area contributed by atoms with E-state index in [1.165, 1.54) is 14.7 Å². The minimum atomic E-state index is 0.306. The van der Waals surface area contributed by atoms with Crippen molar-refractivity contribution in [1.82, 2.24) is 0 Å². The first-order valence-corrected chi connectivity index (χ1v) is 6.99. The highest BCUT2D eigenvalue weighted by Crippen LogP contribution is 2.23. The summed E-state index contributed by atoms with van der Waals surface area (Å²) in [6.07, 6.45) is 0.306. The van der Waals surface area contributed by atoms with Gasteiger partial charge in [-0.2, -0.15) is 0 Å². The fourth-order valence-corrected chi connectivity index (χ4v) is 2.10. The molecule has 3 rings (SSSR count). The predicted molar refractivity (Wildman–Crippen MR) is 79.8 cm³/mol. The Bertz CT molecular complexity index is 515. The zero-order valence-electron chi connectivity index (χ0n) is 9.80. The van der Waals surface area contributed by atoms with E-state index in [1.54, 1.807) is 0 Å². The summed E-state index contributed by atoms with van der Waals surface area (Å²) in [7, 11) is 0. The Morgan fingerprint density at radius 1 is 1.00 bits per heavy atom. The van der Waals surface area contributed by atoms with Crippen LogP contribution >= 0.6 is 22.6 Å². The second kappa shape index (κ2) is 5.28. The molecule has 0 amide bonds. The molecular weight excluding hydrogens is 339 g/mol. The van der Waals surface area contributed by atoms with Gasteiger partial charge in [0.25, 0.3) is 0 Å². The van der Waals surface area contributed by atoms with Crippen LogP contribution in [0.25, 0.3) is 11.1 Å². The fraction of sp³-hybridized carbons (Fsp3) is 0.200. The van der Waals surface area contributed by atoms with Crippen molar-refractivity contribution in [1.29, 1.82) is 0 Å². The molecule has 1 aliphatic heterocycles. The van der Waals surface area contributed by atoms with Gasteiger partial charge in [0.1, 0.15) is 18.5 Å². The zero-order chi connectivity index (χ0) is 12.4. The molecule has 2 nitrogen and oxygen atoms in total. The van der Waals surface area contributed by atoms with Crippen LogP contribution in [-0.4, -0.2) is 19.3 Å². The van der Waals surface area contributed by atoms with Gasteiger partial charge >= 0.3 is 0 Å². The SMILES string of the molecule is Ic1ccc(-c2ccc(OCC3CO3)cc2)cc1. The van der Waals surface area contributed by atoms with E-state index in [2.05, 4.69) is 59.0 Å². The normalized spacial score (nSPS) is 17.5. The molecule has 0 radical (unpaired) electrons. The van der Waals surface area contributed by atoms with Crippen molar-refractivity contribution in [3.05, 3.63) is 52.1 Å². The lowest BCUT2D eigenvalue weighted by atomic mass is 10.1. The Labute approximate surface area is 120 Å². The fourth-order valence-electron chi connectivity index (χ4n) is 1.74. The van der Waals surface area contributed by atoms with Gasteiger partial charge in [0.2, 0.25) is 0 Å². The first-order valence-electron chi connectivity index (χ1n) is 5.92. The first-order chi connectivity index (χ1) is 8.81. The zero-order valence-corrected chi connectivity index (χ0v) is 12.0. The molecule has 1 aliphatic rings. The molecule has 0 spiro atoms. The van der Waals surface area contributed by atoms with Crippen LogP contribution in [0.3, 0.4) is 0 Å². The van der Waals surface area contributed by atoms with Crippen LogP contribution in [0, 0.1) is 3.57 Å². The Kier molecular flexibility index (Phi) is 3.52. The molecule has 0 aromatic heterocycles. The second-order valence-corrected chi connectivity index (χ2v) is 5.54. The van der Waals surface area contributed by atoms with Gasteiger partial charge in [-0.1, -0.05) is 24.3 Å². The molecule has 2 aromatic carbocycles. The van der Waals surface area contributed by atoms with Crippen molar-refractivity contribution in [3.8, 4) is 16.9 Å². The average molecular weight is 352 g/mol. The Morgan fingerprint density at radius 2 is 1.56 bits per heavy atom. The minimum Gasteiger partial charge on any atom is -0.491 e. The minimum absolute atomic E-state index is 0.306. The van der Waals surface area contributed by atoms with E-state index in [-0.39, 0.29) is 0 Å². The molecule has 2 aromatic rings. The Morgan fingerprint density at radius 3 is 2.11 bits per heavy atom. The number of hydrogen-bond acceptors (Lipinski definition) is 2. The third-order valence-corrected chi connectivity index (χ3v) is 3.59. The Hall–Kier alpha value is -1.07. The van der Waals surface area contributed by atoms with Gasteiger partial charge in [0, 0.05) is 3.57 Å². The predicted octanol–water partition coefficient (Wildman–Crippen LogP) is 3.74. The highest BCUT2D eigenvalue weighted by molar-refractivity contribution is 14.1. The van der Waals surface area contributed by atoms with Crippen molar-refractivity contribution in [2.75, 3.05) is 13.2 Å². The van der Waals surface area contributed by atoms with Crippen LogP contribution in [0.1, 0.15) is 0 Å². The summed E-state index contributed by atoms with van der Waals surface area (Å²) in [5.41, 5.74) is 2.44. The summed E-state index contributed by atoms with van der Waals surface area (Å²) in [5, 5.41) is 0. The quantitative estimate of drug-likeness (QED) is 0.618. The lowest BCUT2D eigenvalue weighted by Gasteiger charge is -2.06. The summed E-state index contributed by atoms with van der Waals surface area (Å²) in [6.45, 7) is 1.49. The van der Waals surface area contributed by atoms with Gasteiger partial charge in [0.15, 0.2) is 0 Å². The van der Waals surface area contributed by atoms with Crippen LogP contribution in [0.4, 0.5) is 0 Å². The molecule has 1 saturated heterocycles. The molecule has 0 bridgehead atoms. The van der Waals surface area contributed by atoms with Gasteiger partial charge in [-0.05, 0) is 58.0 Å². The number of ether oxygens (including phenoxy) is 2. The van der Waals surface area contributed by atoms with Gasteiger partial charge < -0.3 is 9.47 Å². The molecule has 1 heterocycles. The molecule has 1 atom stereocenters. The monoisotopic (exact) mass is 352 g/mol. The third kappa shape index (κ3) is 3.03. The van der Waals surface area contributed by atoms with E-state index in [4.69, 9.17) is 9.47 Å². The van der Waals surface area contributed by atoms with Crippen LogP contribution in [-0.2, 0) is 4.74 Å². The summed E-state index contributed by atoms with van der Waals surface area (Å²) in [4.78, 5) is 0. The number of halogens is 1. The maximum absolute atomic E-state index is 5.61. The second-order valence-electron chi connectivity index (χ2n) is 4.30. The van der Waals surface area contributed by atoms with Crippen LogP contribution in [0.2, 0.25) is 0 Å². The van der Waals surface area contributed by atoms with Crippen LogP contribution in [0.15, 0.2) is 48.5 Å². The van der Waals surface area contributed by atoms with Crippen molar-refractivity contribution in [3.63, 3.8) is 0 Å². The summed E-state index contributed by atoms with van der Waals surface area (Å²) < 4.78 is 12.0. The summed E-state index contributed by atoms with van der Waals surface area (Å²) >= 11 is 2.31. The summed E-state index contributed by atoms with van der Waals surface area (Å²) in [5.74, 6) is 0.903. The molecule has 3 heteroatoms. The largest absolute Gasteiger partial charge is 0.491 e. The van der Waals surface area contributed by atoms with E-state index in [9.17, 15) is 0 Å². The Balaban J connectivity index is 1.71. The smallest absolute Gasteiger partial charge is 0.119 e. The lowest BCUT2D eigenvalue weighted by Crippen LogP contribution is -2.03. The lowest BCUT2D eigenvalue weighted by molar-refractivity contribution is 0.263. The topological polar surface area (TPSA) is 21.8 Å². The van der Waals surface area contributed by atoms with Crippen molar-refractivity contribution < 1.29 is 9.47 Å². The molecule has 1 unspecified atom stereocenters. The van der Waals surface area contributed by atoms with E-state index in [1.807, 2.05) is 12.1 Å². The third-order valence-electron chi connectivity index (χ3n) is 2.87. The van der Waals surface area contributed by atoms with Gasteiger partial charge in [-0.3, -0.25) is 0 Å². The number of epoxide rings is 1. The highest BCUT2D eigenvalue weighted by atomic mass is 127. The van der Waals surface area contributed by atoms with Gasteiger partial charge in [-0.25, -0.2) is 0 Å². The average Bonchev–Trinajstić information content (AvgIpc) is 3.22. The van der Waals surface area contributed by atoms with E-state index < -0.39 is 0 Å². The molecule has 92 valence electrons. The molecule has 1 fully saturated rings. The molecule has 0 saturated carbocycles. The summed E-state index contributed by atoms with van der Waals surface area (Å²) in [6, 6.07) is 16.7.